The molecule has 1 heterocycles. The molecular weight excluding hydrogens is 358 g/mol. The number of hydrogen-bond acceptors (Lipinski definition) is 5. The number of nitrogens with zero attached hydrogens (tertiary/aromatic N) is 3. The zero-order valence-electron chi connectivity index (χ0n) is 15.6. The first-order valence-corrected chi connectivity index (χ1v) is 10.0. The zero-order valence-corrected chi connectivity index (χ0v) is 16.4. The Morgan fingerprint density at radius 1 is 1.11 bits per heavy atom. The fraction of sp³-hybridized carbons (Fsp3) is 0.286. The van der Waals surface area contributed by atoms with Crippen LogP contribution in [0.1, 0.15) is 29.3 Å². The van der Waals surface area contributed by atoms with Crippen LogP contribution in [0.3, 0.4) is 0 Å². The van der Waals surface area contributed by atoms with Gasteiger partial charge in [-0.15, -0.1) is 10.2 Å². The number of aromatic nitrogens is 3. The van der Waals surface area contributed by atoms with Crippen LogP contribution in [0.2, 0.25) is 0 Å². The Morgan fingerprint density at radius 2 is 1.89 bits per heavy atom. The molecule has 0 N–H and O–H groups in total. The van der Waals surface area contributed by atoms with Crippen molar-refractivity contribution in [1.82, 2.24) is 14.8 Å². The molecule has 0 unspecified atom stereocenters. The van der Waals surface area contributed by atoms with Crippen LogP contribution in [-0.2, 0) is 6.54 Å². The van der Waals surface area contributed by atoms with E-state index in [-0.39, 0.29) is 0 Å². The third-order valence-corrected chi connectivity index (χ3v) is 5.22. The summed E-state index contributed by atoms with van der Waals surface area (Å²) in [4.78, 5) is 11.0. The Hall–Kier alpha value is -2.60. The number of carbonyl (C=O) groups is 1. The molecule has 0 atom stereocenters. The van der Waals surface area contributed by atoms with E-state index >= 15 is 0 Å². The number of ether oxygens (including phenoxy) is 1. The highest BCUT2D eigenvalue weighted by molar-refractivity contribution is 7.99. The molecule has 0 amide bonds. The van der Waals surface area contributed by atoms with Gasteiger partial charge in [-0.3, -0.25) is 4.79 Å². The van der Waals surface area contributed by atoms with Crippen molar-refractivity contribution in [2.24, 2.45) is 0 Å². The summed E-state index contributed by atoms with van der Waals surface area (Å²) in [6.45, 7) is 5.56. The average Bonchev–Trinajstić information content (AvgIpc) is 3.11. The SMILES string of the molecule is CCn1c(SCCCOc2ccccc2C=O)nnc1-c1ccc(C)cc1. The van der Waals surface area contributed by atoms with E-state index in [1.165, 1.54) is 5.56 Å². The summed E-state index contributed by atoms with van der Waals surface area (Å²) in [7, 11) is 0. The Balaban J connectivity index is 1.55. The second kappa shape index (κ2) is 9.37. The molecule has 5 nitrogen and oxygen atoms in total. The molecule has 3 aromatic rings. The third kappa shape index (κ3) is 4.77. The molecule has 0 radical (unpaired) electrons. The Bertz CT molecular complexity index is 891. The fourth-order valence-corrected chi connectivity index (χ4v) is 3.63. The highest BCUT2D eigenvalue weighted by Crippen LogP contribution is 2.25. The van der Waals surface area contributed by atoms with Gasteiger partial charge < -0.3 is 9.30 Å². The first-order valence-electron chi connectivity index (χ1n) is 9.03. The third-order valence-electron chi connectivity index (χ3n) is 4.17. The van der Waals surface area contributed by atoms with Gasteiger partial charge in [-0.25, -0.2) is 0 Å². The number of carbonyl (C=O) groups excluding carboxylic acids is 1. The topological polar surface area (TPSA) is 57.0 Å². The van der Waals surface area contributed by atoms with Gasteiger partial charge >= 0.3 is 0 Å². The second-order valence-electron chi connectivity index (χ2n) is 6.12. The van der Waals surface area contributed by atoms with Gasteiger partial charge in [-0.2, -0.15) is 0 Å². The van der Waals surface area contributed by atoms with E-state index in [0.29, 0.717) is 17.9 Å². The number of hydrogen-bond donors (Lipinski definition) is 0. The number of aryl methyl sites for hydroxylation is 1. The summed E-state index contributed by atoms with van der Waals surface area (Å²) in [5.74, 6) is 2.40. The quantitative estimate of drug-likeness (QED) is 0.307. The van der Waals surface area contributed by atoms with E-state index in [9.17, 15) is 4.79 Å². The van der Waals surface area contributed by atoms with E-state index in [2.05, 4.69) is 52.9 Å². The van der Waals surface area contributed by atoms with Crippen molar-refractivity contribution in [2.75, 3.05) is 12.4 Å². The molecular formula is C21H23N3O2S. The van der Waals surface area contributed by atoms with Crippen molar-refractivity contribution in [2.45, 2.75) is 32.0 Å². The van der Waals surface area contributed by atoms with Crippen LogP contribution in [0.25, 0.3) is 11.4 Å². The molecule has 0 aliphatic heterocycles. The number of thioether (sulfide) groups is 1. The molecule has 27 heavy (non-hydrogen) atoms. The van der Waals surface area contributed by atoms with E-state index < -0.39 is 0 Å². The molecule has 3 rings (SSSR count). The predicted molar refractivity (Wildman–Crippen MR) is 109 cm³/mol. The standard InChI is InChI=1S/C21H23N3O2S/c1-3-24-20(17-11-9-16(2)10-12-17)22-23-21(24)27-14-6-13-26-19-8-5-4-7-18(19)15-25/h4-5,7-12,15H,3,6,13-14H2,1-2H3. The predicted octanol–water partition coefficient (Wildman–Crippen LogP) is 4.65. The number of para-hydroxylation sites is 1. The molecule has 140 valence electrons. The molecule has 0 spiro atoms. The summed E-state index contributed by atoms with van der Waals surface area (Å²) < 4.78 is 7.86. The van der Waals surface area contributed by atoms with Gasteiger partial charge in [0.1, 0.15) is 5.75 Å². The maximum atomic E-state index is 11.0. The normalized spacial score (nSPS) is 10.7. The molecule has 0 aliphatic rings. The van der Waals surface area contributed by atoms with Gasteiger partial charge in [-0.1, -0.05) is 53.7 Å². The monoisotopic (exact) mass is 381 g/mol. The number of benzene rings is 2. The van der Waals surface area contributed by atoms with Gasteiger partial charge in [0.2, 0.25) is 0 Å². The largest absolute Gasteiger partial charge is 0.493 e. The van der Waals surface area contributed by atoms with Crippen molar-refractivity contribution in [3.05, 3.63) is 59.7 Å². The Labute approximate surface area is 163 Å². The van der Waals surface area contributed by atoms with E-state index in [4.69, 9.17) is 4.74 Å². The van der Waals surface area contributed by atoms with Crippen molar-refractivity contribution in [3.8, 4) is 17.1 Å². The Morgan fingerprint density at radius 3 is 2.63 bits per heavy atom. The molecule has 0 fully saturated rings. The van der Waals surface area contributed by atoms with Crippen molar-refractivity contribution < 1.29 is 9.53 Å². The fourth-order valence-electron chi connectivity index (χ4n) is 2.71. The van der Waals surface area contributed by atoms with Gasteiger partial charge in [0.15, 0.2) is 17.3 Å². The molecule has 2 aromatic carbocycles. The van der Waals surface area contributed by atoms with Crippen molar-refractivity contribution >= 4 is 18.0 Å². The molecule has 0 saturated heterocycles. The van der Waals surface area contributed by atoms with Crippen LogP contribution < -0.4 is 4.74 Å². The number of rotatable bonds is 9. The first-order chi connectivity index (χ1) is 13.2. The van der Waals surface area contributed by atoms with Crippen LogP contribution in [0, 0.1) is 6.92 Å². The Kier molecular flexibility index (Phi) is 6.65. The smallest absolute Gasteiger partial charge is 0.191 e. The number of aldehydes is 1. The summed E-state index contributed by atoms with van der Waals surface area (Å²) in [6, 6.07) is 15.6. The van der Waals surface area contributed by atoms with Crippen LogP contribution >= 0.6 is 11.8 Å². The minimum Gasteiger partial charge on any atom is -0.493 e. The van der Waals surface area contributed by atoms with Crippen molar-refractivity contribution in [3.63, 3.8) is 0 Å². The molecule has 1 aromatic heterocycles. The first kappa shape index (κ1) is 19.2. The summed E-state index contributed by atoms with van der Waals surface area (Å²) in [5, 5.41) is 9.65. The summed E-state index contributed by atoms with van der Waals surface area (Å²) >= 11 is 1.68. The summed E-state index contributed by atoms with van der Waals surface area (Å²) in [6.07, 6.45) is 1.68. The molecule has 6 heteroatoms. The lowest BCUT2D eigenvalue weighted by atomic mass is 10.1. The minimum absolute atomic E-state index is 0.558. The van der Waals surface area contributed by atoms with E-state index in [1.54, 1.807) is 17.8 Å². The van der Waals surface area contributed by atoms with Gasteiger partial charge in [-0.05, 0) is 32.4 Å². The van der Waals surface area contributed by atoms with Crippen LogP contribution in [0.15, 0.2) is 53.7 Å². The van der Waals surface area contributed by atoms with E-state index in [1.807, 2.05) is 18.2 Å². The van der Waals surface area contributed by atoms with Gasteiger partial charge in [0.25, 0.3) is 0 Å². The maximum Gasteiger partial charge on any atom is 0.191 e. The maximum absolute atomic E-state index is 11.0. The lowest BCUT2D eigenvalue weighted by molar-refractivity contribution is 0.111. The molecule has 0 saturated carbocycles. The van der Waals surface area contributed by atoms with Gasteiger partial charge in [0, 0.05) is 17.9 Å². The van der Waals surface area contributed by atoms with Crippen LogP contribution in [0.5, 0.6) is 5.75 Å². The molecule has 0 aliphatic carbocycles. The summed E-state index contributed by atoms with van der Waals surface area (Å²) in [5.41, 5.74) is 2.89. The highest BCUT2D eigenvalue weighted by Gasteiger charge is 2.13. The molecule has 0 bridgehead atoms. The minimum atomic E-state index is 0.558. The van der Waals surface area contributed by atoms with E-state index in [0.717, 1.165) is 41.5 Å². The van der Waals surface area contributed by atoms with Crippen molar-refractivity contribution in [1.29, 1.82) is 0 Å². The van der Waals surface area contributed by atoms with Gasteiger partial charge in [0.05, 0.1) is 12.2 Å². The van der Waals surface area contributed by atoms with Crippen LogP contribution in [-0.4, -0.2) is 33.4 Å². The highest BCUT2D eigenvalue weighted by atomic mass is 32.2. The average molecular weight is 382 g/mol. The second-order valence-corrected chi connectivity index (χ2v) is 7.18. The zero-order chi connectivity index (χ0) is 19.1. The lowest BCUT2D eigenvalue weighted by Crippen LogP contribution is -2.03. The van der Waals surface area contributed by atoms with Crippen LogP contribution in [0.4, 0.5) is 0 Å². The lowest BCUT2D eigenvalue weighted by Gasteiger charge is -2.09.